The van der Waals surface area contributed by atoms with Crippen molar-refractivity contribution >= 4 is 5.97 Å². The number of piperazine rings is 1. The molecule has 1 fully saturated rings. The van der Waals surface area contributed by atoms with Crippen molar-refractivity contribution in [3.63, 3.8) is 0 Å². The fourth-order valence-corrected chi connectivity index (χ4v) is 2.44. The molecule has 4 heteroatoms. The summed E-state index contributed by atoms with van der Waals surface area (Å²) in [6.07, 6.45) is 1.09. The average Bonchev–Trinajstić information content (AvgIpc) is 2.48. The molecule has 2 rings (SSSR count). The molecule has 1 saturated heterocycles. The molecule has 0 bridgehead atoms. The Morgan fingerprint density at radius 1 is 1.40 bits per heavy atom. The zero-order valence-electron chi connectivity index (χ0n) is 12.3. The highest BCUT2D eigenvalue weighted by Crippen LogP contribution is 2.09. The summed E-state index contributed by atoms with van der Waals surface area (Å²) in [5.74, 6) is -0.141. The van der Waals surface area contributed by atoms with Crippen LogP contribution < -0.4 is 5.32 Å². The lowest BCUT2D eigenvalue weighted by molar-refractivity contribution is -0.147. The second-order valence-electron chi connectivity index (χ2n) is 5.44. The van der Waals surface area contributed by atoms with E-state index in [0.717, 1.165) is 25.1 Å². The number of carbonyl (C=O) groups is 1. The number of nitrogens with zero attached hydrogens (tertiary/aromatic N) is 1. The van der Waals surface area contributed by atoms with Gasteiger partial charge in [-0.3, -0.25) is 9.69 Å². The standard InChI is InChI=1S/C16H24N2O2/c1-3-15-10-18(13(2)9-17-15)11-16(19)20-12-14-7-5-4-6-8-14/h4-8,13,15,17H,3,9-12H2,1-2H3/t13-,15+/m0/s1. The van der Waals surface area contributed by atoms with Crippen molar-refractivity contribution in [3.8, 4) is 0 Å². The van der Waals surface area contributed by atoms with Crippen LogP contribution in [0.15, 0.2) is 30.3 Å². The zero-order valence-corrected chi connectivity index (χ0v) is 12.3. The van der Waals surface area contributed by atoms with E-state index in [4.69, 9.17) is 4.74 Å². The Morgan fingerprint density at radius 3 is 2.85 bits per heavy atom. The Hall–Kier alpha value is -1.39. The van der Waals surface area contributed by atoms with Crippen molar-refractivity contribution in [1.29, 1.82) is 0 Å². The minimum Gasteiger partial charge on any atom is -0.460 e. The van der Waals surface area contributed by atoms with E-state index in [2.05, 4.69) is 24.1 Å². The maximum absolute atomic E-state index is 11.9. The van der Waals surface area contributed by atoms with Gasteiger partial charge in [-0.2, -0.15) is 0 Å². The van der Waals surface area contributed by atoms with Crippen LogP contribution in [0.2, 0.25) is 0 Å². The van der Waals surface area contributed by atoms with Crippen molar-refractivity contribution < 1.29 is 9.53 Å². The Morgan fingerprint density at radius 2 is 2.15 bits per heavy atom. The number of benzene rings is 1. The van der Waals surface area contributed by atoms with Gasteiger partial charge in [0.2, 0.25) is 0 Å². The molecule has 1 aliphatic rings. The van der Waals surface area contributed by atoms with Crippen LogP contribution in [0.3, 0.4) is 0 Å². The topological polar surface area (TPSA) is 41.6 Å². The average molecular weight is 276 g/mol. The zero-order chi connectivity index (χ0) is 14.4. The molecular formula is C16H24N2O2. The van der Waals surface area contributed by atoms with Gasteiger partial charge in [0.05, 0.1) is 6.54 Å². The van der Waals surface area contributed by atoms with Crippen LogP contribution >= 0.6 is 0 Å². The monoisotopic (exact) mass is 276 g/mol. The summed E-state index contributed by atoms with van der Waals surface area (Å²) < 4.78 is 5.35. The summed E-state index contributed by atoms with van der Waals surface area (Å²) in [7, 11) is 0. The quantitative estimate of drug-likeness (QED) is 0.833. The maximum atomic E-state index is 11.9. The van der Waals surface area contributed by atoms with Crippen LogP contribution in [0.5, 0.6) is 0 Å². The smallest absolute Gasteiger partial charge is 0.320 e. The highest BCUT2D eigenvalue weighted by molar-refractivity contribution is 5.71. The Kier molecular flexibility index (Phi) is 5.56. The summed E-state index contributed by atoms with van der Waals surface area (Å²) in [6, 6.07) is 10.6. The normalized spacial score (nSPS) is 23.5. The van der Waals surface area contributed by atoms with Gasteiger partial charge in [0.25, 0.3) is 0 Å². The summed E-state index contributed by atoms with van der Waals surface area (Å²) in [5.41, 5.74) is 1.03. The van der Waals surface area contributed by atoms with E-state index in [1.807, 2.05) is 30.3 Å². The number of hydrogen-bond donors (Lipinski definition) is 1. The second kappa shape index (κ2) is 7.41. The molecule has 1 N–H and O–H groups in total. The third-order valence-corrected chi connectivity index (χ3v) is 3.85. The molecule has 110 valence electrons. The first-order chi connectivity index (χ1) is 9.69. The summed E-state index contributed by atoms with van der Waals surface area (Å²) in [4.78, 5) is 14.1. The van der Waals surface area contributed by atoms with Gasteiger partial charge in [0, 0.05) is 25.2 Å². The highest BCUT2D eigenvalue weighted by atomic mass is 16.5. The molecule has 1 aromatic rings. The molecule has 0 amide bonds. The highest BCUT2D eigenvalue weighted by Gasteiger charge is 2.25. The Balaban J connectivity index is 1.78. The van der Waals surface area contributed by atoms with E-state index in [1.165, 1.54) is 0 Å². The number of nitrogens with one attached hydrogen (secondary N) is 1. The van der Waals surface area contributed by atoms with Gasteiger partial charge in [-0.1, -0.05) is 37.3 Å². The van der Waals surface area contributed by atoms with Crippen LogP contribution in [-0.4, -0.2) is 42.6 Å². The summed E-state index contributed by atoms with van der Waals surface area (Å²) >= 11 is 0. The molecule has 1 heterocycles. The molecule has 0 saturated carbocycles. The molecule has 0 aliphatic carbocycles. The van der Waals surface area contributed by atoms with E-state index in [9.17, 15) is 4.79 Å². The molecule has 1 aliphatic heterocycles. The van der Waals surface area contributed by atoms with Gasteiger partial charge in [-0.25, -0.2) is 0 Å². The van der Waals surface area contributed by atoms with Crippen LogP contribution in [0.25, 0.3) is 0 Å². The Bertz CT molecular complexity index is 422. The Labute approximate surface area is 121 Å². The van der Waals surface area contributed by atoms with Gasteiger partial charge in [0.15, 0.2) is 0 Å². The van der Waals surface area contributed by atoms with E-state index in [0.29, 0.717) is 25.2 Å². The predicted octanol–water partition coefficient (Wildman–Crippen LogP) is 1.80. The van der Waals surface area contributed by atoms with Crippen LogP contribution in [-0.2, 0) is 16.1 Å². The van der Waals surface area contributed by atoms with Crippen LogP contribution in [0, 0.1) is 0 Å². The van der Waals surface area contributed by atoms with Crippen molar-refractivity contribution in [2.75, 3.05) is 19.6 Å². The van der Waals surface area contributed by atoms with Gasteiger partial charge < -0.3 is 10.1 Å². The third-order valence-electron chi connectivity index (χ3n) is 3.85. The lowest BCUT2D eigenvalue weighted by atomic mass is 10.1. The maximum Gasteiger partial charge on any atom is 0.320 e. The van der Waals surface area contributed by atoms with Gasteiger partial charge >= 0.3 is 5.97 Å². The molecule has 20 heavy (non-hydrogen) atoms. The molecule has 0 unspecified atom stereocenters. The van der Waals surface area contributed by atoms with E-state index >= 15 is 0 Å². The third kappa shape index (κ3) is 4.32. The number of esters is 1. The lowest BCUT2D eigenvalue weighted by Gasteiger charge is -2.37. The number of rotatable bonds is 5. The van der Waals surface area contributed by atoms with E-state index in [1.54, 1.807) is 0 Å². The molecule has 0 spiro atoms. The first-order valence-corrected chi connectivity index (χ1v) is 7.36. The van der Waals surface area contributed by atoms with E-state index < -0.39 is 0 Å². The molecule has 0 aromatic heterocycles. The van der Waals surface area contributed by atoms with Crippen molar-refractivity contribution in [2.45, 2.75) is 39.0 Å². The summed E-state index contributed by atoms with van der Waals surface area (Å²) in [5, 5.41) is 3.49. The van der Waals surface area contributed by atoms with Crippen LogP contribution in [0.4, 0.5) is 0 Å². The van der Waals surface area contributed by atoms with Crippen LogP contribution in [0.1, 0.15) is 25.8 Å². The fraction of sp³-hybridized carbons (Fsp3) is 0.562. The number of hydrogen-bond acceptors (Lipinski definition) is 4. The van der Waals surface area contributed by atoms with Crippen molar-refractivity contribution in [2.24, 2.45) is 0 Å². The van der Waals surface area contributed by atoms with Gasteiger partial charge in [-0.15, -0.1) is 0 Å². The molecular weight excluding hydrogens is 252 g/mol. The first-order valence-electron chi connectivity index (χ1n) is 7.36. The van der Waals surface area contributed by atoms with Gasteiger partial charge in [-0.05, 0) is 18.9 Å². The van der Waals surface area contributed by atoms with Crippen molar-refractivity contribution in [1.82, 2.24) is 10.2 Å². The van der Waals surface area contributed by atoms with Crippen molar-refractivity contribution in [3.05, 3.63) is 35.9 Å². The lowest BCUT2D eigenvalue weighted by Crippen LogP contribution is -2.56. The molecule has 2 atom stereocenters. The summed E-state index contributed by atoms with van der Waals surface area (Å²) in [6.45, 7) is 6.90. The first kappa shape index (κ1) is 15.0. The molecule has 0 radical (unpaired) electrons. The second-order valence-corrected chi connectivity index (χ2v) is 5.44. The predicted molar refractivity (Wildman–Crippen MR) is 79.4 cm³/mol. The SMILES string of the molecule is CC[C@@H]1CN(CC(=O)OCc2ccccc2)[C@@H](C)CN1. The largest absolute Gasteiger partial charge is 0.460 e. The fourth-order valence-electron chi connectivity index (χ4n) is 2.44. The number of ether oxygens (including phenoxy) is 1. The van der Waals surface area contributed by atoms with E-state index in [-0.39, 0.29) is 5.97 Å². The minimum atomic E-state index is -0.141. The minimum absolute atomic E-state index is 0.141. The molecule has 1 aromatic carbocycles. The van der Waals surface area contributed by atoms with Gasteiger partial charge in [0.1, 0.15) is 6.61 Å². The number of carbonyl (C=O) groups excluding carboxylic acids is 1. The molecule has 4 nitrogen and oxygen atoms in total.